The summed E-state index contributed by atoms with van der Waals surface area (Å²) in [6, 6.07) is 0. The molecule has 5 heteroatoms. The zero-order valence-corrected chi connectivity index (χ0v) is 8.43. The second kappa shape index (κ2) is 3.51. The fraction of sp³-hybridized carbons (Fsp3) is 0.625. The largest absolute Gasteiger partial charge is 0.378 e. The maximum absolute atomic E-state index is 5.28. The van der Waals surface area contributed by atoms with Crippen molar-refractivity contribution in [1.82, 2.24) is 9.66 Å². The van der Waals surface area contributed by atoms with E-state index in [4.69, 9.17) is 17.0 Å². The molecule has 0 bridgehead atoms. The van der Waals surface area contributed by atoms with E-state index in [1.165, 1.54) is 0 Å². The van der Waals surface area contributed by atoms with Crippen LogP contribution < -0.4 is 5.01 Å². The van der Waals surface area contributed by atoms with Gasteiger partial charge in [-0.2, -0.15) is 0 Å². The number of ether oxygens (including phenoxy) is 1. The minimum Gasteiger partial charge on any atom is -0.378 e. The van der Waals surface area contributed by atoms with Crippen molar-refractivity contribution in [3.8, 4) is 0 Å². The van der Waals surface area contributed by atoms with E-state index in [-0.39, 0.29) is 0 Å². The Labute approximate surface area is 82.1 Å². The molecule has 0 atom stereocenters. The molecule has 1 fully saturated rings. The maximum Gasteiger partial charge on any atom is 0.196 e. The molecule has 13 heavy (non-hydrogen) atoms. The highest BCUT2D eigenvalue weighted by molar-refractivity contribution is 7.71. The molecule has 0 aliphatic carbocycles. The van der Waals surface area contributed by atoms with E-state index in [1.807, 2.05) is 17.8 Å². The van der Waals surface area contributed by atoms with E-state index >= 15 is 0 Å². The first-order valence-electron chi connectivity index (χ1n) is 4.39. The average molecular weight is 199 g/mol. The van der Waals surface area contributed by atoms with Gasteiger partial charge in [-0.15, -0.1) is 0 Å². The number of imidazole rings is 1. The number of aryl methyl sites for hydroxylation is 1. The van der Waals surface area contributed by atoms with Crippen LogP contribution in [0.4, 0.5) is 0 Å². The van der Waals surface area contributed by atoms with Gasteiger partial charge in [-0.25, -0.2) is 4.68 Å². The average Bonchev–Trinajstić information content (AvgIpc) is 2.48. The molecule has 2 rings (SSSR count). The summed E-state index contributed by atoms with van der Waals surface area (Å²) in [5.41, 5.74) is 1.15. The molecule has 1 aliphatic rings. The van der Waals surface area contributed by atoms with Gasteiger partial charge in [0.05, 0.1) is 32.0 Å². The molecule has 2 heterocycles. The zero-order valence-electron chi connectivity index (χ0n) is 7.62. The second-order valence-electron chi connectivity index (χ2n) is 3.11. The Kier molecular flexibility index (Phi) is 2.37. The fourth-order valence-electron chi connectivity index (χ4n) is 1.55. The molecule has 0 unspecified atom stereocenters. The lowest BCUT2D eigenvalue weighted by Crippen LogP contribution is -2.44. The van der Waals surface area contributed by atoms with Crippen molar-refractivity contribution >= 4 is 12.2 Å². The van der Waals surface area contributed by atoms with Crippen LogP contribution in [0.2, 0.25) is 0 Å². The van der Waals surface area contributed by atoms with Crippen molar-refractivity contribution in [2.24, 2.45) is 0 Å². The van der Waals surface area contributed by atoms with E-state index in [2.05, 4.69) is 9.99 Å². The predicted octanol–water partition coefficient (Wildman–Crippen LogP) is 0.822. The summed E-state index contributed by atoms with van der Waals surface area (Å²) < 4.78 is 8.08. The number of nitrogens with zero attached hydrogens (tertiary/aromatic N) is 2. The Bertz CT molecular complexity index is 337. The number of aromatic nitrogens is 2. The predicted molar refractivity (Wildman–Crippen MR) is 53.1 cm³/mol. The highest BCUT2D eigenvalue weighted by atomic mass is 32.1. The number of H-pyrrole nitrogens is 1. The van der Waals surface area contributed by atoms with Crippen molar-refractivity contribution in [2.45, 2.75) is 6.92 Å². The lowest BCUT2D eigenvalue weighted by Gasteiger charge is -2.30. The first kappa shape index (κ1) is 8.77. The third-order valence-corrected chi connectivity index (χ3v) is 2.49. The molecule has 1 N–H and O–H groups in total. The third kappa shape index (κ3) is 1.62. The lowest BCUT2D eigenvalue weighted by atomic mass is 10.5. The Balaban J connectivity index is 2.27. The summed E-state index contributed by atoms with van der Waals surface area (Å²) in [7, 11) is 0. The molecule has 0 saturated carbocycles. The molecule has 1 aliphatic heterocycles. The first-order chi connectivity index (χ1) is 6.29. The standard InChI is InChI=1S/C8H13N3OS/c1-7-6-9-8(13)11(7)10-2-4-12-5-3-10/h6H,2-5H2,1H3,(H,9,13). The van der Waals surface area contributed by atoms with Gasteiger partial charge in [0.15, 0.2) is 4.77 Å². The van der Waals surface area contributed by atoms with Crippen LogP contribution >= 0.6 is 12.2 Å². The molecule has 1 saturated heterocycles. The Morgan fingerprint density at radius 1 is 1.46 bits per heavy atom. The lowest BCUT2D eigenvalue weighted by molar-refractivity contribution is 0.110. The molecular weight excluding hydrogens is 186 g/mol. The van der Waals surface area contributed by atoms with E-state index < -0.39 is 0 Å². The Morgan fingerprint density at radius 2 is 2.15 bits per heavy atom. The Hall–Kier alpha value is -0.810. The van der Waals surface area contributed by atoms with E-state index in [1.54, 1.807) is 0 Å². The van der Waals surface area contributed by atoms with Crippen molar-refractivity contribution in [1.29, 1.82) is 0 Å². The van der Waals surface area contributed by atoms with Gasteiger partial charge in [-0.05, 0) is 19.1 Å². The van der Waals surface area contributed by atoms with Gasteiger partial charge in [0.1, 0.15) is 0 Å². The van der Waals surface area contributed by atoms with Crippen molar-refractivity contribution < 1.29 is 4.74 Å². The molecule has 0 radical (unpaired) electrons. The molecular formula is C8H13N3OS. The summed E-state index contributed by atoms with van der Waals surface area (Å²) in [4.78, 5) is 3.03. The first-order valence-corrected chi connectivity index (χ1v) is 4.80. The normalized spacial score (nSPS) is 17.8. The van der Waals surface area contributed by atoms with Crippen LogP contribution in [0.1, 0.15) is 5.69 Å². The van der Waals surface area contributed by atoms with Gasteiger partial charge >= 0.3 is 0 Å². The van der Waals surface area contributed by atoms with Crippen molar-refractivity contribution in [3.63, 3.8) is 0 Å². The minimum atomic E-state index is 0.763. The highest BCUT2D eigenvalue weighted by Gasteiger charge is 2.12. The zero-order chi connectivity index (χ0) is 9.26. The Morgan fingerprint density at radius 3 is 2.69 bits per heavy atom. The number of aromatic amines is 1. The van der Waals surface area contributed by atoms with Gasteiger partial charge in [0.25, 0.3) is 0 Å². The number of nitrogens with one attached hydrogen (secondary N) is 1. The molecule has 0 spiro atoms. The summed E-state index contributed by atoms with van der Waals surface area (Å²) in [5.74, 6) is 0. The quantitative estimate of drug-likeness (QED) is 0.680. The summed E-state index contributed by atoms with van der Waals surface area (Å²) in [6.07, 6.45) is 1.93. The molecule has 72 valence electrons. The van der Waals surface area contributed by atoms with Gasteiger partial charge in [-0.3, -0.25) is 0 Å². The molecule has 0 aromatic carbocycles. The SMILES string of the molecule is Cc1c[nH]c(=S)n1N1CCOCC1. The maximum atomic E-state index is 5.28. The number of morpholine rings is 1. The number of hydrogen-bond donors (Lipinski definition) is 1. The van der Waals surface area contributed by atoms with E-state index in [0.29, 0.717) is 0 Å². The third-order valence-electron chi connectivity index (χ3n) is 2.20. The summed E-state index contributed by atoms with van der Waals surface area (Å²) >= 11 is 5.18. The smallest absolute Gasteiger partial charge is 0.196 e. The minimum absolute atomic E-state index is 0.763. The molecule has 4 nitrogen and oxygen atoms in total. The fourth-order valence-corrected chi connectivity index (χ4v) is 1.87. The number of rotatable bonds is 1. The van der Waals surface area contributed by atoms with Gasteiger partial charge in [0, 0.05) is 6.20 Å². The van der Waals surface area contributed by atoms with Crippen molar-refractivity contribution in [2.75, 3.05) is 31.3 Å². The van der Waals surface area contributed by atoms with Crippen LogP contribution in [-0.2, 0) is 4.74 Å². The van der Waals surface area contributed by atoms with E-state index in [9.17, 15) is 0 Å². The van der Waals surface area contributed by atoms with Crippen LogP contribution in [0.15, 0.2) is 6.20 Å². The molecule has 0 amide bonds. The van der Waals surface area contributed by atoms with Gasteiger partial charge < -0.3 is 14.7 Å². The van der Waals surface area contributed by atoms with Gasteiger partial charge in [-0.1, -0.05) is 0 Å². The molecule has 1 aromatic heterocycles. The van der Waals surface area contributed by atoms with Gasteiger partial charge in [0.2, 0.25) is 0 Å². The van der Waals surface area contributed by atoms with Crippen LogP contribution in [0.5, 0.6) is 0 Å². The van der Waals surface area contributed by atoms with Crippen LogP contribution in [-0.4, -0.2) is 36.0 Å². The topological polar surface area (TPSA) is 33.2 Å². The van der Waals surface area contributed by atoms with Crippen LogP contribution in [0.25, 0.3) is 0 Å². The van der Waals surface area contributed by atoms with E-state index in [0.717, 1.165) is 36.8 Å². The van der Waals surface area contributed by atoms with Crippen LogP contribution in [0.3, 0.4) is 0 Å². The number of hydrogen-bond acceptors (Lipinski definition) is 3. The molecule has 1 aromatic rings. The van der Waals surface area contributed by atoms with Crippen LogP contribution in [0, 0.1) is 11.7 Å². The second-order valence-corrected chi connectivity index (χ2v) is 3.50. The summed E-state index contributed by atoms with van der Waals surface area (Å²) in [5, 5.41) is 2.21. The highest BCUT2D eigenvalue weighted by Crippen LogP contribution is 2.03. The monoisotopic (exact) mass is 199 g/mol. The summed E-state index contributed by atoms with van der Waals surface area (Å²) in [6.45, 7) is 5.43. The van der Waals surface area contributed by atoms with Crippen molar-refractivity contribution in [3.05, 3.63) is 16.7 Å².